The van der Waals surface area contributed by atoms with Crippen LogP contribution in [-0.2, 0) is 4.79 Å². The van der Waals surface area contributed by atoms with Crippen LogP contribution in [0.3, 0.4) is 0 Å². The molecule has 1 aliphatic heterocycles. The summed E-state index contributed by atoms with van der Waals surface area (Å²) >= 11 is 0. The molecule has 1 amide bonds. The highest BCUT2D eigenvalue weighted by Crippen LogP contribution is 2.20. The van der Waals surface area contributed by atoms with E-state index in [4.69, 9.17) is 0 Å². The standard InChI is InChI=1S/C14H26N2O/c1-11-10-12(8-9-15-11)14(17)16-13-6-4-2-3-5-7-13/h11-13,15H,2-10H2,1H3,(H,16,17). The van der Waals surface area contributed by atoms with Crippen molar-refractivity contribution >= 4 is 5.91 Å². The maximum atomic E-state index is 12.2. The maximum Gasteiger partial charge on any atom is 0.223 e. The monoisotopic (exact) mass is 238 g/mol. The van der Waals surface area contributed by atoms with E-state index in [1.54, 1.807) is 0 Å². The molecule has 1 saturated heterocycles. The Morgan fingerprint density at radius 1 is 1.12 bits per heavy atom. The van der Waals surface area contributed by atoms with Gasteiger partial charge >= 0.3 is 0 Å². The second-order valence-corrected chi connectivity index (χ2v) is 5.77. The van der Waals surface area contributed by atoms with Crippen LogP contribution in [0.5, 0.6) is 0 Å². The van der Waals surface area contributed by atoms with Crippen molar-refractivity contribution in [2.75, 3.05) is 6.54 Å². The average Bonchev–Trinajstić information content (AvgIpc) is 2.57. The van der Waals surface area contributed by atoms with E-state index in [9.17, 15) is 4.79 Å². The van der Waals surface area contributed by atoms with Crippen LogP contribution in [0.1, 0.15) is 58.3 Å². The van der Waals surface area contributed by atoms with Gasteiger partial charge in [0.1, 0.15) is 0 Å². The quantitative estimate of drug-likeness (QED) is 0.724. The molecule has 17 heavy (non-hydrogen) atoms. The number of hydrogen-bond acceptors (Lipinski definition) is 2. The zero-order valence-electron chi connectivity index (χ0n) is 11.0. The number of amides is 1. The van der Waals surface area contributed by atoms with Crippen LogP contribution in [0.25, 0.3) is 0 Å². The van der Waals surface area contributed by atoms with E-state index in [1.165, 1.54) is 38.5 Å². The molecule has 2 unspecified atom stereocenters. The summed E-state index contributed by atoms with van der Waals surface area (Å²) in [6.45, 7) is 3.16. The molecular weight excluding hydrogens is 212 g/mol. The van der Waals surface area contributed by atoms with Crippen LogP contribution in [-0.4, -0.2) is 24.5 Å². The summed E-state index contributed by atoms with van der Waals surface area (Å²) in [5, 5.41) is 6.68. The van der Waals surface area contributed by atoms with Crippen molar-refractivity contribution in [3.8, 4) is 0 Å². The van der Waals surface area contributed by atoms with Crippen LogP contribution in [0.4, 0.5) is 0 Å². The first-order valence-corrected chi connectivity index (χ1v) is 7.29. The molecule has 0 aromatic heterocycles. The fraction of sp³-hybridized carbons (Fsp3) is 0.929. The number of piperidine rings is 1. The summed E-state index contributed by atoms with van der Waals surface area (Å²) in [6.07, 6.45) is 9.63. The summed E-state index contributed by atoms with van der Waals surface area (Å²) in [5.41, 5.74) is 0. The largest absolute Gasteiger partial charge is 0.353 e. The van der Waals surface area contributed by atoms with Crippen molar-refractivity contribution in [3.05, 3.63) is 0 Å². The van der Waals surface area contributed by atoms with Crippen molar-refractivity contribution in [3.63, 3.8) is 0 Å². The van der Waals surface area contributed by atoms with E-state index in [1.807, 2.05) is 0 Å². The lowest BCUT2D eigenvalue weighted by Gasteiger charge is -2.28. The van der Waals surface area contributed by atoms with Crippen LogP contribution in [0.2, 0.25) is 0 Å². The summed E-state index contributed by atoms with van der Waals surface area (Å²) < 4.78 is 0. The van der Waals surface area contributed by atoms with E-state index < -0.39 is 0 Å². The van der Waals surface area contributed by atoms with Gasteiger partial charge < -0.3 is 10.6 Å². The first-order chi connectivity index (χ1) is 8.25. The molecule has 0 aromatic rings. The van der Waals surface area contributed by atoms with Crippen LogP contribution in [0, 0.1) is 5.92 Å². The highest BCUT2D eigenvalue weighted by atomic mass is 16.1. The molecule has 98 valence electrons. The Kier molecular flexibility index (Phi) is 4.84. The maximum absolute atomic E-state index is 12.2. The lowest BCUT2D eigenvalue weighted by molar-refractivity contribution is -0.126. The third kappa shape index (κ3) is 3.98. The van der Waals surface area contributed by atoms with Gasteiger partial charge in [-0.25, -0.2) is 0 Å². The topological polar surface area (TPSA) is 41.1 Å². The van der Waals surface area contributed by atoms with Gasteiger partial charge in [0.05, 0.1) is 0 Å². The molecule has 2 aliphatic rings. The fourth-order valence-electron chi connectivity index (χ4n) is 3.11. The van der Waals surface area contributed by atoms with Crippen LogP contribution in [0.15, 0.2) is 0 Å². The lowest BCUT2D eigenvalue weighted by atomic mass is 9.92. The molecule has 2 rings (SSSR count). The van der Waals surface area contributed by atoms with Gasteiger partial charge in [-0.15, -0.1) is 0 Å². The average molecular weight is 238 g/mol. The number of carbonyl (C=O) groups is 1. The minimum absolute atomic E-state index is 0.245. The fourth-order valence-corrected chi connectivity index (χ4v) is 3.11. The van der Waals surface area contributed by atoms with Gasteiger partial charge in [0.25, 0.3) is 0 Å². The van der Waals surface area contributed by atoms with Crippen LogP contribution >= 0.6 is 0 Å². The summed E-state index contributed by atoms with van der Waals surface area (Å²) in [6, 6.07) is 0.948. The zero-order valence-corrected chi connectivity index (χ0v) is 11.0. The van der Waals surface area contributed by atoms with E-state index in [-0.39, 0.29) is 5.92 Å². The number of carbonyl (C=O) groups excluding carboxylic acids is 1. The van der Waals surface area contributed by atoms with Gasteiger partial charge in [0, 0.05) is 18.0 Å². The predicted octanol–water partition coefficient (Wildman–Crippen LogP) is 2.21. The molecule has 2 atom stereocenters. The first-order valence-electron chi connectivity index (χ1n) is 7.29. The van der Waals surface area contributed by atoms with Gasteiger partial charge in [-0.1, -0.05) is 25.7 Å². The molecule has 0 spiro atoms. The number of rotatable bonds is 2. The number of hydrogen-bond donors (Lipinski definition) is 2. The Morgan fingerprint density at radius 3 is 2.47 bits per heavy atom. The van der Waals surface area contributed by atoms with Gasteiger partial charge in [0.2, 0.25) is 5.91 Å². The Labute approximate surface area is 105 Å². The van der Waals surface area contributed by atoms with E-state index in [2.05, 4.69) is 17.6 Å². The zero-order chi connectivity index (χ0) is 12.1. The van der Waals surface area contributed by atoms with Crippen molar-refractivity contribution in [1.29, 1.82) is 0 Å². The minimum atomic E-state index is 0.245. The highest BCUT2D eigenvalue weighted by Gasteiger charge is 2.26. The summed E-state index contributed by atoms with van der Waals surface area (Å²) in [5.74, 6) is 0.555. The molecule has 0 radical (unpaired) electrons. The molecule has 2 fully saturated rings. The Balaban J connectivity index is 1.78. The van der Waals surface area contributed by atoms with Gasteiger partial charge in [-0.05, 0) is 39.2 Å². The molecule has 0 bridgehead atoms. The van der Waals surface area contributed by atoms with Gasteiger partial charge in [-0.3, -0.25) is 4.79 Å². The van der Waals surface area contributed by atoms with Crippen LogP contribution < -0.4 is 10.6 Å². The van der Waals surface area contributed by atoms with Gasteiger partial charge in [-0.2, -0.15) is 0 Å². The molecule has 3 nitrogen and oxygen atoms in total. The highest BCUT2D eigenvalue weighted by molar-refractivity contribution is 5.79. The Morgan fingerprint density at radius 2 is 1.82 bits per heavy atom. The van der Waals surface area contributed by atoms with Crippen molar-refractivity contribution in [2.24, 2.45) is 5.92 Å². The molecule has 1 aliphatic carbocycles. The molecule has 3 heteroatoms. The third-order valence-electron chi connectivity index (χ3n) is 4.20. The smallest absolute Gasteiger partial charge is 0.223 e. The molecule has 1 heterocycles. The van der Waals surface area contributed by atoms with Crippen molar-refractivity contribution < 1.29 is 4.79 Å². The van der Waals surface area contributed by atoms with E-state index >= 15 is 0 Å². The first kappa shape index (κ1) is 12.9. The third-order valence-corrected chi connectivity index (χ3v) is 4.20. The normalized spacial score (nSPS) is 31.8. The number of nitrogens with one attached hydrogen (secondary N) is 2. The Hall–Kier alpha value is -0.570. The minimum Gasteiger partial charge on any atom is -0.353 e. The van der Waals surface area contributed by atoms with E-state index in [0.717, 1.165) is 19.4 Å². The molecule has 1 saturated carbocycles. The Bertz CT molecular complexity index is 247. The van der Waals surface area contributed by atoms with Crippen molar-refractivity contribution in [1.82, 2.24) is 10.6 Å². The second kappa shape index (κ2) is 6.39. The summed E-state index contributed by atoms with van der Waals surface area (Å²) in [7, 11) is 0. The predicted molar refractivity (Wildman–Crippen MR) is 69.8 cm³/mol. The second-order valence-electron chi connectivity index (χ2n) is 5.77. The summed E-state index contributed by atoms with van der Waals surface area (Å²) in [4.78, 5) is 12.2. The van der Waals surface area contributed by atoms with Crippen molar-refractivity contribution in [2.45, 2.75) is 70.4 Å². The molecule has 0 aromatic carbocycles. The molecule has 2 N–H and O–H groups in total. The molecular formula is C14H26N2O. The van der Waals surface area contributed by atoms with E-state index in [0.29, 0.717) is 18.0 Å². The van der Waals surface area contributed by atoms with Gasteiger partial charge in [0.15, 0.2) is 0 Å². The lowest BCUT2D eigenvalue weighted by Crippen LogP contribution is -2.45. The SMILES string of the molecule is CC1CC(C(=O)NC2CCCCCC2)CCN1.